The number of aromatic nitrogens is 3. The molecule has 4 heterocycles. The van der Waals surface area contributed by atoms with Crippen molar-refractivity contribution in [2.24, 2.45) is 5.73 Å². The molecule has 9 heteroatoms. The van der Waals surface area contributed by atoms with Crippen LogP contribution in [0.1, 0.15) is 48.3 Å². The maximum absolute atomic E-state index is 12.1. The quantitative estimate of drug-likeness (QED) is 0.645. The van der Waals surface area contributed by atoms with E-state index in [1.54, 1.807) is 12.3 Å². The Kier molecular flexibility index (Phi) is 6.29. The lowest BCUT2D eigenvalue weighted by Crippen LogP contribution is -2.44. The summed E-state index contributed by atoms with van der Waals surface area (Å²) in [6, 6.07) is 2.44. The maximum Gasteiger partial charge on any atom is 0.251 e. The highest BCUT2D eigenvalue weighted by Gasteiger charge is 2.26. The average Bonchev–Trinajstić information content (AvgIpc) is 2.85. The van der Waals surface area contributed by atoms with Gasteiger partial charge in [0.05, 0.1) is 18.8 Å². The highest BCUT2D eigenvalue weighted by molar-refractivity contribution is 6.05. The summed E-state index contributed by atoms with van der Waals surface area (Å²) < 4.78 is 5.50. The van der Waals surface area contributed by atoms with Crippen molar-refractivity contribution in [1.82, 2.24) is 25.2 Å². The third-order valence-electron chi connectivity index (χ3n) is 6.72. The van der Waals surface area contributed by atoms with Gasteiger partial charge in [0.1, 0.15) is 11.0 Å². The molecule has 1 unspecified atom stereocenters. The van der Waals surface area contributed by atoms with Crippen LogP contribution < -0.4 is 16.4 Å². The highest BCUT2D eigenvalue weighted by atomic mass is 16.5. The number of carbonyl (C=O) groups is 1. The van der Waals surface area contributed by atoms with Gasteiger partial charge in [-0.3, -0.25) is 14.7 Å². The van der Waals surface area contributed by atoms with Crippen molar-refractivity contribution in [3.8, 4) is 0 Å². The summed E-state index contributed by atoms with van der Waals surface area (Å²) in [6.45, 7) is 5.54. The number of hydrogen-bond acceptors (Lipinski definition) is 8. The molecule has 1 aliphatic carbocycles. The number of carbonyl (C=O) groups excluding carboxylic acids is 1. The van der Waals surface area contributed by atoms with Crippen LogP contribution in [0.2, 0.25) is 0 Å². The number of nitrogens with zero attached hydrogens (tertiary/aromatic N) is 4. The number of ether oxygens (including phenoxy) is 1. The van der Waals surface area contributed by atoms with Gasteiger partial charge >= 0.3 is 0 Å². The molecule has 0 radical (unpaired) electrons. The Bertz CT molecular complexity index is 1010. The minimum atomic E-state index is -0.502. The van der Waals surface area contributed by atoms with Crippen LogP contribution >= 0.6 is 0 Å². The SMILES string of the molecule is NC(=O)c1ccnc2c(N[C@H]3CCCNC3)nc(C3=CCC(N4CCOCC4)CC3)nc12. The van der Waals surface area contributed by atoms with E-state index in [9.17, 15) is 4.79 Å². The van der Waals surface area contributed by atoms with E-state index in [1.807, 2.05) is 0 Å². The normalized spacial score (nSPS) is 24.8. The summed E-state index contributed by atoms with van der Waals surface area (Å²) in [5, 5.41) is 6.97. The van der Waals surface area contributed by atoms with Crippen molar-refractivity contribution in [1.29, 1.82) is 0 Å². The van der Waals surface area contributed by atoms with Crippen LogP contribution in [0.15, 0.2) is 18.3 Å². The molecule has 5 rings (SSSR count). The Morgan fingerprint density at radius 2 is 2.09 bits per heavy atom. The zero-order valence-electron chi connectivity index (χ0n) is 18.3. The van der Waals surface area contributed by atoms with Gasteiger partial charge in [-0.15, -0.1) is 0 Å². The van der Waals surface area contributed by atoms with E-state index in [0.717, 1.165) is 77.1 Å². The third-order valence-corrected chi connectivity index (χ3v) is 6.72. The van der Waals surface area contributed by atoms with Crippen molar-refractivity contribution in [2.75, 3.05) is 44.7 Å². The largest absolute Gasteiger partial charge is 0.379 e. The lowest BCUT2D eigenvalue weighted by Gasteiger charge is -2.36. The number of amides is 1. The highest BCUT2D eigenvalue weighted by Crippen LogP contribution is 2.31. The van der Waals surface area contributed by atoms with Crippen molar-refractivity contribution in [3.63, 3.8) is 0 Å². The van der Waals surface area contributed by atoms with Gasteiger partial charge in [0.15, 0.2) is 11.6 Å². The number of nitrogens with two attached hydrogens (primary N) is 1. The van der Waals surface area contributed by atoms with Crippen molar-refractivity contribution in [3.05, 3.63) is 29.7 Å². The van der Waals surface area contributed by atoms with Crippen molar-refractivity contribution < 1.29 is 9.53 Å². The Balaban J connectivity index is 1.47. The first-order valence-corrected chi connectivity index (χ1v) is 11.6. The Hall–Kier alpha value is -2.62. The van der Waals surface area contributed by atoms with Crippen molar-refractivity contribution in [2.45, 2.75) is 44.2 Å². The fraction of sp³-hybridized carbons (Fsp3) is 0.565. The van der Waals surface area contributed by atoms with Crippen molar-refractivity contribution >= 4 is 28.3 Å². The molecule has 4 N–H and O–H groups in total. The predicted octanol–water partition coefficient (Wildman–Crippen LogP) is 1.56. The monoisotopic (exact) mass is 437 g/mol. The van der Waals surface area contributed by atoms with E-state index in [4.69, 9.17) is 20.4 Å². The van der Waals surface area contributed by atoms with Gasteiger partial charge in [0.2, 0.25) is 0 Å². The van der Waals surface area contributed by atoms with E-state index in [-0.39, 0.29) is 6.04 Å². The minimum absolute atomic E-state index is 0.264. The van der Waals surface area contributed by atoms with Gasteiger partial charge < -0.3 is 21.1 Å². The number of anilines is 1. The summed E-state index contributed by atoms with van der Waals surface area (Å²) in [6.07, 6.45) is 8.98. The van der Waals surface area contributed by atoms with E-state index in [0.29, 0.717) is 34.3 Å². The molecule has 9 nitrogen and oxygen atoms in total. The molecule has 0 saturated carbocycles. The summed E-state index contributed by atoms with van der Waals surface area (Å²) in [4.78, 5) is 28.8. The minimum Gasteiger partial charge on any atom is -0.379 e. The zero-order chi connectivity index (χ0) is 21.9. The van der Waals surface area contributed by atoms with Gasteiger partial charge in [-0.05, 0) is 50.3 Å². The summed E-state index contributed by atoms with van der Waals surface area (Å²) >= 11 is 0. The molecule has 2 atom stereocenters. The first-order chi connectivity index (χ1) is 15.7. The molecule has 2 aromatic rings. The molecule has 2 aromatic heterocycles. The second-order valence-electron chi connectivity index (χ2n) is 8.81. The van der Waals surface area contributed by atoms with Crippen LogP contribution in [-0.4, -0.2) is 77.2 Å². The molecule has 0 spiro atoms. The van der Waals surface area contributed by atoms with Gasteiger partial charge in [0.25, 0.3) is 5.91 Å². The van der Waals surface area contributed by atoms with E-state index >= 15 is 0 Å². The second kappa shape index (κ2) is 9.48. The molecule has 2 aliphatic heterocycles. The van der Waals surface area contributed by atoms with Crippen LogP contribution in [0.5, 0.6) is 0 Å². The van der Waals surface area contributed by atoms with Crippen LogP contribution in [0.25, 0.3) is 16.6 Å². The number of pyridine rings is 1. The standard InChI is InChI=1S/C23H31N7O2/c24-21(31)18-7-9-26-20-19(18)28-22(29-23(20)27-16-2-1-8-25-14-16)15-3-5-17(6-4-15)30-10-12-32-13-11-30/h3,7,9,16-17,25H,1-2,4-6,8,10-14H2,(H2,24,31)(H,27,28,29)/t16-,17?/m0/s1. The molecule has 170 valence electrons. The molecule has 1 amide bonds. The summed E-state index contributed by atoms with van der Waals surface area (Å²) in [5.41, 5.74) is 8.28. The molecule has 3 aliphatic rings. The maximum atomic E-state index is 12.1. The number of rotatable bonds is 5. The Morgan fingerprint density at radius 1 is 1.22 bits per heavy atom. The smallest absolute Gasteiger partial charge is 0.251 e. The summed E-state index contributed by atoms with van der Waals surface area (Å²) in [7, 11) is 0. The molecule has 0 bridgehead atoms. The first kappa shape index (κ1) is 21.2. The van der Waals surface area contributed by atoms with Crippen LogP contribution in [0.4, 0.5) is 5.82 Å². The van der Waals surface area contributed by atoms with Gasteiger partial charge in [-0.1, -0.05) is 6.08 Å². The number of allylic oxidation sites excluding steroid dienone is 1. The number of fused-ring (bicyclic) bond motifs is 1. The van der Waals surface area contributed by atoms with Crippen LogP contribution in [0, 0.1) is 0 Å². The van der Waals surface area contributed by atoms with Crippen LogP contribution in [0.3, 0.4) is 0 Å². The zero-order valence-corrected chi connectivity index (χ0v) is 18.3. The molecule has 0 aromatic carbocycles. The number of piperidine rings is 1. The average molecular weight is 438 g/mol. The van der Waals surface area contributed by atoms with E-state index in [1.165, 1.54) is 0 Å². The van der Waals surface area contributed by atoms with E-state index in [2.05, 4.69) is 26.6 Å². The van der Waals surface area contributed by atoms with Crippen LogP contribution in [-0.2, 0) is 4.74 Å². The Morgan fingerprint density at radius 3 is 2.81 bits per heavy atom. The van der Waals surface area contributed by atoms with E-state index < -0.39 is 5.91 Å². The molecular formula is C23H31N7O2. The second-order valence-corrected chi connectivity index (χ2v) is 8.81. The molecule has 2 saturated heterocycles. The molecular weight excluding hydrogens is 406 g/mol. The predicted molar refractivity (Wildman–Crippen MR) is 123 cm³/mol. The molecule has 2 fully saturated rings. The fourth-order valence-corrected chi connectivity index (χ4v) is 4.94. The fourth-order valence-electron chi connectivity index (χ4n) is 4.94. The third kappa shape index (κ3) is 4.46. The lowest BCUT2D eigenvalue weighted by atomic mass is 9.93. The number of nitrogens with one attached hydrogen (secondary N) is 2. The molecule has 32 heavy (non-hydrogen) atoms. The number of hydrogen-bond donors (Lipinski definition) is 3. The lowest BCUT2D eigenvalue weighted by molar-refractivity contribution is 0.0150. The van der Waals surface area contributed by atoms with Gasteiger partial charge in [-0.2, -0.15) is 0 Å². The summed E-state index contributed by atoms with van der Waals surface area (Å²) in [5.74, 6) is 0.843. The first-order valence-electron chi connectivity index (χ1n) is 11.6. The van der Waals surface area contributed by atoms with Gasteiger partial charge in [0, 0.05) is 37.9 Å². The topological polar surface area (TPSA) is 118 Å². The van der Waals surface area contributed by atoms with Gasteiger partial charge in [-0.25, -0.2) is 9.97 Å². The Labute approximate surface area is 187 Å². The number of primary amides is 1. The number of morpholine rings is 1.